The summed E-state index contributed by atoms with van der Waals surface area (Å²) in [6.07, 6.45) is 75.2. The van der Waals surface area contributed by atoms with Gasteiger partial charge in [0.2, 0.25) is 5.91 Å². The summed E-state index contributed by atoms with van der Waals surface area (Å²) in [5.41, 5.74) is 0. The maximum Gasteiger partial charge on any atom is 0.305 e. The first-order valence-electron chi connectivity index (χ1n) is 36.6. The van der Waals surface area contributed by atoms with Crippen LogP contribution in [0.25, 0.3) is 0 Å². The molecule has 86 heavy (non-hydrogen) atoms. The summed E-state index contributed by atoms with van der Waals surface area (Å²) in [7, 11) is 0. The Hall–Kier alpha value is -2.64. The van der Waals surface area contributed by atoms with Crippen molar-refractivity contribution in [2.45, 2.75) is 384 Å². The van der Waals surface area contributed by atoms with E-state index in [2.05, 4.69) is 67.8 Å². The van der Waals surface area contributed by atoms with E-state index in [9.17, 15) is 35.1 Å². The van der Waals surface area contributed by atoms with E-state index in [-0.39, 0.29) is 18.5 Å². The average Bonchev–Trinajstić information content (AvgIpc) is 2.27. The van der Waals surface area contributed by atoms with Crippen LogP contribution in [-0.2, 0) is 23.8 Å². The number of aliphatic hydroxyl groups excluding tert-OH is 5. The minimum atomic E-state index is -1.58. The van der Waals surface area contributed by atoms with Crippen LogP contribution in [0.1, 0.15) is 341 Å². The van der Waals surface area contributed by atoms with Gasteiger partial charge < -0.3 is 45.1 Å². The van der Waals surface area contributed by atoms with Gasteiger partial charge in [-0.1, -0.05) is 293 Å². The zero-order valence-corrected chi connectivity index (χ0v) is 55.8. The summed E-state index contributed by atoms with van der Waals surface area (Å²) in [6, 6.07) is -0.826. The molecule has 502 valence electrons. The van der Waals surface area contributed by atoms with Gasteiger partial charge in [-0.25, -0.2) is 0 Å². The minimum Gasteiger partial charge on any atom is -0.466 e. The van der Waals surface area contributed by atoms with Crippen molar-refractivity contribution in [1.29, 1.82) is 0 Å². The van der Waals surface area contributed by atoms with Gasteiger partial charge >= 0.3 is 5.97 Å². The van der Waals surface area contributed by atoms with E-state index in [1.165, 1.54) is 250 Å². The third kappa shape index (κ3) is 52.2. The van der Waals surface area contributed by atoms with Crippen LogP contribution < -0.4 is 5.32 Å². The Bertz CT molecular complexity index is 1610. The Balaban J connectivity index is 1.95. The van der Waals surface area contributed by atoms with Crippen LogP contribution >= 0.6 is 0 Å². The number of nitrogens with one attached hydrogen (secondary N) is 1. The summed E-state index contributed by atoms with van der Waals surface area (Å²) in [5, 5.41) is 54.4. The van der Waals surface area contributed by atoms with Gasteiger partial charge in [0.15, 0.2) is 6.29 Å². The first-order valence-corrected chi connectivity index (χ1v) is 36.6. The van der Waals surface area contributed by atoms with Gasteiger partial charge in [0.1, 0.15) is 24.4 Å². The number of ether oxygens (including phenoxy) is 3. The Kier molecular flexibility index (Phi) is 60.5. The van der Waals surface area contributed by atoms with Crippen LogP contribution in [-0.4, -0.2) is 100 Å². The lowest BCUT2D eigenvalue weighted by atomic mass is 9.99. The Labute approximate surface area is 528 Å². The number of hydrogen-bond acceptors (Lipinski definition) is 10. The first-order chi connectivity index (χ1) is 42.2. The average molecular weight is 1210 g/mol. The second-order valence-electron chi connectivity index (χ2n) is 25.3. The fraction of sp³-hybridized carbons (Fsp3) is 0.840. The third-order valence-electron chi connectivity index (χ3n) is 17.1. The molecule has 0 aromatic heterocycles. The van der Waals surface area contributed by atoms with E-state index < -0.39 is 49.5 Å². The first kappa shape index (κ1) is 81.4. The number of hydrogen-bond donors (Lipinski definition) is 6. The van der Waals surface area contributed by atoms with E-state index in [1.807, 2.05) is 6.08 Å². The highest BCUT2D eigenvalue weighted by Gasteiger charge is 2.44. The van der Waals surface area contributed by atoms with E-state index in [0.717, 1.165) is 64.2 Å². The van der Waals surface area contributed by atoms with Gasteiger partial charge in [-0.15, -0.1) is 0 Å². The molecule has 0 bridgehead atoms. The van der Waals surface area contributed by atoms with Crippen molar-refractivity contribution in [3.05, 3.63) is 60.8 Å². The van der Waals surface area contributed by atoms with Crippen molar-refractivity contribution >= 4 is 11.9 Å². The lowest BCUT2D eigenvalue weighted by molar-refractivity contribution is -0.302. The molecular weight excluding hydrogens is 1070 g/mol. The second kappa shape index (κ2) is 63.9. The van der Waals surface area contributed by atoms with Crippen LogP contribution in [0, 0.1) is 0 Å². The maximum atomic E-state index is 13.1. The van der Waals surface area contributed by atoms with Gasteiger partial charge in [-0.05, 0) is 96.3 Å². The number of unbranched alkanes of at least 4 members (excludes halogenated alkanes) is 42. The SMILES string of the molecule is CCCC/C=C\CCCCCCCC(=O)OCCCCCCCCCCCCC/C=C\C/C=C\CCCCCCCCCCCCCCCCCCCC(=O)NC(COC1OC(CO)C(O)C(O)C1O)C(O)/C=C/CC/C=C/CCCCCCCC. The monoisotopic (exact) mass is 1210 g/mol. The van der Waals surface area contributed by atoms with Crippen molar-refractivity contribution in [2.75, 3.05) is 19.8 Å². The summed E-state index contributed by atoms with van der Waals surface area (Å²) < 4.78 is 16.7. The molecule has 1 amide bonds. The molecule has 1 heterocycles. The number of esters is 1. The molecule has 0 aliphatic carbocycles. The minimum absolute atomic E-state index is 0.00146. The van der Waals surface area contributed by atoms with Crippen LogP contribution in [0.3, 0.4) is 0 Å². The quantitative estimate of drug-likeness (QED) is 0.0195. The molecule has 0 aromatic rings. The fourth-order valence-electron chi connectivity index (χ4n) is 11.3. The molecule has 7 unspecified atom stereocenters. The molecule has 1 saturated heterocycles. The summed E-state index contributed by atoms with van der Waals surface area (Å²) in [6.45, 7) is 4.30. The standard InChI is InChI=1S/C75H137NO10/c1-3-5-7-9-11-13-15-42-45-49-53-57-61-68(78)67(66-85-75-74(83)73(82)72(81)69(65-77)86-75)76-70(79)62-58-54-50-46-43-39-37-35-33-31-29-27-25-23-21-19-17-16-18-20-22-24-26-28-30-32-34-36-38-40-44-48-52-56-60-64-84-71(80)63-59-55-51-47-41-14-12-10-8-6-4-2/h10,12,18,20,24,26,42,45,57,61,67-69,72-75,77-78,81-83H,3-9,11,13-17,19,21-23,25,27-41,43-44,46-56,58-60,62-66H2,1-2H3,(H,76,79)/b12-10-,20-18-,26-24-,45-42+,61-57+. The molecule has 6 N–H and O–H groups in total. The predicted molar refractivity (Wildman–Crippen MR) is 361 cm³/mol. The van der Waals surface area contributed by atoms with Crippen LogP contribution in [0.4, 0.5) is 0 Å². The van der Waals surface area contributed by atoms with Crippen LogP contribution in [0.5, 0.6) is 0 Å². The fourth-order valence-corrected chi connectivity index (χ4v) is 11.3. The molecule has 0 saturated carbocycles. The Morgan fingerprint density at radius 3 is 1.26 bits per heavy atom. The smallest absolute Gasteiger partial charge is 0.305 e. The number of aliphatic hydroxyl groups is 5. The molecule has 1 rings (SSSR count). The number of rotatable bonds is 64. The molecule has 1 aliphatic heterocycles. The maximum absolute atomic E-state index is 13.1. The number of carbonyl (C=O) groups excluding carboxylic acids is 2. The molecule has 11 heteroatoms. The summed E-state index contributed by atoms with van der Waals surface area (Å²) in [5.74, 6) is -0.191. The molecule has 7 atom stereocenters. The number of allylic oxidation sites excluding steroid dienone is 9. The van der Waals surface area contributed by atoms with Crippen molar-refractivity contribution in [3.8, 4) is 0 Å². The summed E-state index contributed by atoms with van der Waals surface area (Å²) >= 11 is 0. The van der Waals surface area contributed by atoms with Crippen molar-refractivity contribution in [2.24, 2.45) is 0 Å². The lowest BCUT2D eigenvalue weighted by Crippen LogP contribution is -2.60. The van der Waals surface area contributed by atoms with E-state index >= 15 is 0 Å². The Morgan fingerprint density at radius 1 is 0.430 bits per heavy atom. The lowest BCUT2D eigenvalue weighted by Gasteiger charge is -2.40. The molecule has 1 fully saturated rings. The highest BCUT2D eigenvalue weighted by Crippen LogP contribution is 2.23. The zero-order chi connectivity index (χ0) is 62.3. The second-order valence-corrected chi connectivity index (χ2v) is 25.3. The Morgan fingerprint density at radius 2 is 0.802 bits per heavy atom. The number of carbonyl (C=O) groups is 2. The van der Waals surface area contributed by atoms with Crippen molar-refractivity contribution < 1.29 is 49.3 Å². The van der Waals surface area contributed by atoms with E-state index in [0.29, 0.717) is 19.4 Å². The van der Waals surface area contributed by atoms with Crippen molar-refractivity contribution in [3.63, 3.8) is 0 Å². The van der Waals surface area contributed by atoms with E-state index in [1.54, 1.807) is 6.08 Å². The molecule has 11 nitrogen and oxygen atoms in total. The summed E-state index contributed by atoms with van der Waals surface area (Å²) in [4.78, 5) is 25.1. The topological polar surface area (TPSA) is 175 Å². The normalized spacial score (nSPS) is 18.2. The molecule has 0 aromatic carbocycles. The largest absolute Gasteiger partial charge is 0.466 e. The van der Waals surface area contributed by atoms with Crippen molar-refractivity contribution in [1.82, 2.24) is 5.32 Å². The van der Waals surface area contributed by atoms with Gasteiger partial charge in [0, 0.05) is 12.8 Å². The molecule has 1 aliphatic rings. The highest BCUT2D eigenvalue weighted by molar-refractivity contribution is 5.76. The van der Waals surface area contributed by atoms with Gasteiger partial charge in [-0.3, -0.25) is 9.59 Å². The predicted octanol–water partition coefficient (Wildman–Crippen LogP) is 18.9. The van der Waals surface area contributed by atoms with Crippen LogP contribution in [0.2, 0.25) is 0 Å². The molecule has 0 spiro atoms. The molecular formula is C75H137NO10. The number of amides is 1. The van der Waals surface area contributed by atoms with Crippen LogP contribution in [0.15, 0.2) is 60.8 Å². The van der Waals surface area contributed by atoms with Gasteiger partial charge in [0.25, 0.3) is 0 Å². The molecule has 0 radical (unpaired) electrons. The third-order valence-corrected chi connectivity index (χ3v) is 17.1. The van der Waals surface area contributed by atoms with Gasteiger partial charge in [0.05, 0.1) is 32.0 Å². The van der Waals surface area contributed by atoms with Gasteiger partial charge in [-0.2, -0.15) is 0 Å². The van der Waals surface area contributed by atoms with E-state index in [4.69, 9.17) is 14.2 Å². The zero-order valence-electron chi connectivity index (χ0n) is 55.8. The highest BCUT2D eigenvalue weighted by atomic mass is 16.7.